The van der Waals surface area contributed by atoms with Gasteiger partial charge in [-0.05, 0) is 38.5 Å². The molecule has 5 nitrogen and oxygen atoms in total. The third kappa shape index (κ3) is 3.10. The Labute approximate surface area is 118 Å². The van der Waals surface area contributed by atoms with Crippen molar-refractivity contribution in [2.75, 3.05) is 17.2 Å². The standard InChI is InChI=1S/C15H20N2O3/c1-4-5-13(18)16-10-6-7-12-11(8-10)17-14(19)15(2,3)9-20-12/h6-8H,4-5,9H2,1-3H3,(H,16,18)(H,17,19). The molecule has 1 heterocycles. The normalized spacial score (nSPS) is 16.4. The highest BCUT2D eigenvalue weighted by atomic mass is 16.5. The predicted octanol–water partition coefficient (Wildman–Crippen LogP) is 2.78. The molecular formula is C15H20N2O3. The van der Waals surface area contributed by atoms with Crippen LogP contribution in [0.4, 0.5) is 11.4 Å². The van der Waals surface area contributed by atoms with Crippen molar-refractivity contribution in [3.8, 4) is 5.75 Å². The summed E-state index contributed by atoms with van der Waals surface area (Å²) in [6.45, 7) is 5.94. The SMILES string of the molecule is CCCC(=O)Nc1ccc2c(c1)NC(=O)C(C)(C)CO2. The third-order valence-electron chi connectivity index (χ3n) is 3.19. The summed E-state index contributed by atoms with van der Waals surface area (Å²) in [5, 5.41) is 5.65. The summed E-state index contributed by atoms with van der Waals surface area (Å²) < 4.78 is 5.65. The van der Waals surface area contributed by atoms with Crippen LogP contribution in [0.2, 0.25) is 0 Å². The minimum Gasteiger partial charge on any atom is -0.490 e. The monoisotopic (exact) mass is 276 g/mol. The van der Waals surface area contributed by atoms with Gasteiger partial charge in [-0.2, -0.15) is 0 Å². The van der Waals surface area contributed by atoms with E-state index in [1.54, 1.807) is 18.2 Å². The molecule has 0 spiro atoms. The van der Waals surface area contributed by atoms with E-state index in [1.807, 2.05) is 20.8 Å². The summed E-state index contributed by atoms with van der Waals surface area (Å²) in [5.74, 6) is 0.499. The minimum atomic E-state index is -0.579. The summed E-state index contributed by atoms with van der Waals surface area (Å²) in [7, 11) is 0. The van der Waals surface area contributed by atoms with Crippen molar-refractivity contribution in [2.24, 2.45) is 5.41 Å². The number of anilines is 2. The predicted molar refractivity (Wildman–Crippen MR) is 77.9 cm³/mol. The number of benzene rings is 1. The molecule has 0 fully saturated rings. The minimum absolute atomic E-state index is 0.0337. The second kappa shape index (κ2) is 5.53. The molecule has 0 saturated carbocycles. The van der Waals surface area contributed by atoms with Crippen LogP contribution in [0, 0.1) is 5.41 Å². The topological polar surface area (TPSA) is 67.4 Å². The molecule has 1 aliphatic heterocycles. The van der Waals surface area contributed by atoms with E-state index in [0.717, 1.165) is 6.42 Å². The quantitative estimate of drug-likeness (QED) is 0.892. The lowest BCUT2D eigenvalue weighted by molar-refractivity contribution is -0.125. The van der Waals surface area contributed by atoms with Crippen molar-refractivity contribution in [3.05, 3.63) is 18.2 Å². The summed E-state index contributed by atoms with van der Waals surface area (Å²) in [4.78, 5) is 23.6. The van der Waals surface area contributed by atoms with Gasteiger partial charge in [0.05, 0.1) is 11.1 Å². The molecule has 1 aliphatic rings. The molecule has 108 valence electrons. The van der Waals surface area contributed by atoms with Crippen LogP contribution >= 0.6 is 0 Å². The van der Waals surface area contributed by atoms with Gasteiger partial charge in [-0.15, -0.1) is 0 Å². The molecule has 2 rings (SSSR count). The van der Waals surface area contributed by atoms with Gasteiger partial charge in [-0.25, -0.2) is 0 Å². The van der Waals surface area contributed by atoms with Gasteiger partial charge in [0, 0.05) is 12.1 Å². The zero-order chi connectivity index (χ0) is 14.8. The summed E-state index contributed by atoms with van der Waals surface area (Å²) in [5.41, 5.74) is 0.672. The third-order valence-corrected chi connectivity index (χ3v) is 3.19. The number of amides is 2. The molecule has 0 aromatic heterocycles. The molecule has 0 radical (unpaired) electrons. The maximum absolute atomic E-state index is 12.1. The Morgan fingerprint density at radius 1 is 1.45 bits per heavy atom. The first-order valence-corrected chi connectivity index (χ1v) is 6.80. The van der Waals surface area contributed by atoms with Crippen molar-refractivity contribution in [1.29, 1.82) is 0 Å². The van der Waals surface area contributed by atoms with Crippen LogP contribution in [0.1, 0.15) is 33.6 Å². The molecule has 1 aromatic carbocycles. The number of carbonyl (C=O) groups excluding carboxylic acids is 2. The summed E-state index contributed by atoms with van der Waals surface area (Å²) in [6, 6.07) is 5.26. The molecule has 0 atom stereocenters. The number of hydrogen-bond acceptors (Lipinski definition) is 3. The number of ether oxygens (including phenoxy) is 1. The Morgan fingerprint density at radius 3 is 2.90 bits per heavy atom. The summed E-state index contributed by atoms with van der Waals surface area (Å²) >= 11 is 0. The number of nitrogens with one attached hydrogen (secondary N) is 2. The highest BCUT2D eigenvalue weighted by molar-refractivity contribution is 5.98. The molecule has 0 aliphatic carbocycles. The smallest absolute Gasteiger partial charge is 0.233 e. The average molecular weight is 276 g/mol. The van der Waals surface area contributed by atoms with Crippen LogP contribution in [0.5, 0.6) is 5.75 Å². The molecule has 0 unspecified atom stereocenters. The van der Waals surface area contributed by atoms with Crippen LogP contribution in [-0.2, 0) is 9.59 Å². The van der Waals surface area contributed by atoms with Crippen molar-refractivity contribution >= 4 is 23.2 Å². The van der Waals surface area contributed by atoms with Crippen LogP contribution in [0.15, 0.2) is 18.2 Å². The van der Waals surface area contributed by atoms with Gasteiger partial charge in [0.2, 0.25) is 11.8 Å². The fraction of sp³-hybridized carbons (Fsp3) is 0.467. The van der Waals surface area contributed by atoms with Gasteiger partial charge in [0.25, 0.3) is 0 Å². The Bertz CT molecular complexity index is 538. The fourth-order valence-corrected chi connectivity index (χ4v) is 1.90. The first-order valence-electron chi connectivity index (χ1n) is 6.80. The Hall–Kier alpha value is -2.04. The van der Waals surface area contributed by atoms with Gasteiger partial charge >= 0.3 is 0 Å². The maximum Gasteiger partial charge on any atom is 0.233 e. The molecule has 2 N–H and O–H groups in total. The van der Waals surface area contributed by atoms with E-state index in [2.05, 4.69) is 10.6 Å². The van der Waals surface area contributed by atoms with Gasteiger partial charge in [0.1, 0.15) is 12.4 Å². The molecule has 20 heavy (non-hydrogen) atoms. The Balaban J connectivity index is 2.20. The van der Waals surface area contributed by atoms with Crippen LogP contribution in [-0.4, -0.2) is 18.4 Å². The van der Waals surface area contributed by atoms with Crippen molar-refractivity contribution < 1.29 is 14.3 Å². The highest BCUT2D eigenvalue weighted by Crippen LogP contribution is 2.34. The first kappa shape index (κ1) is 14.4. The van der Waals surface area contributed by atoms with Crippen LogP contribution in [0.3, 0.4) is 0 Å². The number of rotatable bonds is 3. The van der Waals surface area contributed by atoms with E-state index >= 15 is 0 Å². The van der Waals surface area contributed by atoms with Crippen LogP contribution in [0.25, 0.3) is 0 Å². The van der Waals surface area contributed by atoms with Crippen molar-refractivity contribution in [3.63, 3.8) is 0 Å². The zero-order valence-electron chi connectivity index (χ0n) is 12.1. The van der Waals surface area contributed by atoms with E-state index in [1.165, 1.54) is 0 Å². The largest absolute Gasteiger partial charge is 0.490 e. The molecule has 5 heteroatoms. The van der Waals surface area contributed by atoms with Gasteiger partial charge < -0.3 is 15.4 Å². The number of fused-ring (bicyclic) bond motifs is 1. The molecule has 1 aromatic rings. The lowest BCUT2D eigenvalue weighted by Crippen LogP contribution is -2.33. The van der Waals surface area contributed by atoms with E-state index in [4.69, 9.17) is 4.74 Å². The molecule has 0 saturated heterocycles. The van der Waals surface area contributed by atoms with Crippen molar-refractivity contribution in [2.45, 2.75) is 33.6 Å². The van der Waals surface area contributed by atoms with Crippen LogP contribution < -0.4 is 15.4 Å². The Kier molecular flexibility index (Phi) is 3.97. The van der Waals surface area contributed by atoms with E-state index in [9.17, 15) is 9.59 Å². The fourth-order valence-electron chi connectivity index (χ4n) is 1.90. The van der Waals surface area contributed by atoms with Gasteiger partial charge in [0.15, 0.2) is 0 Å². The second-order valence-electron chi connectivity index (χ2n) is 5.64. The van der Waals surface area contributed by atoms with E-state index in [0.29, 0.717) is 30.2 Å². The molecule has 0 bridgehead atoms. The lowest BCUT2D eigenvalue weighted by atomic mass is 9.94. The van der Waals surface area contributed by atoms with Gasteiger partial charge in [-0.3, -0.25) is 9.59 Å². The first-order chi connectivity index (χ1) is 9.42. The zero-order valence-corrected chi connectivity index (χ0v) is 12.1. The highest BCUT2D eigenvalue weighted by Gasteiger charge is 2.32. The van der Waals surface area contributed by atoms with E-state index in [-0.39, 0.29) is 11.8 Å². The van der Waals surface area contributed by atoms with Crippen molar-refractivity contribution in [1.82, 2.24) is 0 Å². The average Bonchev–Trinajstić information content (AvgIpc) is 2.47. The molecular weight excluding hydrogens is 256 g/mol. The molecule has 2 amide bonds. The Morgan fingerprint density at radius 2 is 2.20 bits per heavy atom. The lowest BCUT2D eigenvalue weighted by Gasteiger charge is -2.18. The summed E-state index contributed by atoms with van der Waals surface area (Å²) in [6.07, 6.45) is 1.28. The number of hydrogen-bond donors (Lipinski definition) is 2. The maximum atomic E-state index is 12.1. The second-order valence-corrected chi connectivity index (χ2v) is 5.64. The number of carbonyl (C=O) groups is 2. The van der Waals surface area contributed by atoms with Gasteiger partial charge in [-0.1, -0.05) is 6.92 Å². The van der Waals surface area contributed by atoms with E-state index < -0.39 is 5.41 Å².